The van der Waals surface area contributed by atoms with Gasteiger partial charge in [-0.3, -0.25) is 9.59 Å². The van der Waals surface area contributed by atoms with Gasteiger partial charge in [-0.2, -0.15) is 0 Å². The molecule has 7 nitrogen and oxygen atoms in total. The summed E-state index contributed by atoms with van der Waals surface area (Å²) in [6.45, 7) is 6.33. The highest BCUT2D eigenvalue weighted by Crippen LogP contribution is 2.31. The van der Waals surface area contributed by atoms with Crippen LogP contribution in [0.3, 0.4) is 0 Å². The van der Waals surface area contributed by atoms with Gasteiger partial charge < -0.3 is 25.2 Å². The molecule has 1 aromatic heterocycles. The maximum absolute atomic E-state index is 12.9. The number of pyridine rings is 1. The fourth-order valence-corrected chi connectivity index (χ4v) is 4.19. The minimum Gasteiger partial charge on any atom is -0.506 e. The summed E-state index contributed by atoms with van der Waals surface area (Å²) in [5.74, 6) is -0.667. The second kappa shape index (κ2) is 7.09. The molecule has 4 rings (SSSR count). The number of hydrogen-bond acceptors (Lipinski definition) is 3. The summed E-state index contributed by atoms with van der Waals surface area (Å²) in [6, 6.07) is 5.63. The van der Waals surface area contributed by atoms with Crippen LogP contribution in [0.15, 0.2) is 23.0 Å². The van der Waals surface area contributed by atoms with E-state index in [1.807, 2.05) is 12.1 Å². The third kappa shape index (κ3) is 2.97. The zero-order valence-corrected chi connectivity index (χ0v) is 14.9. The number of aromatic nitrogens is 1. The summed E-state index contributed by atoms with van der Waals surface area (Å²) in [6.07, 6.45) is 1.75. The zero-order chi connectivity index (χ0) is 18.1. The molecule has 2 aromatic rings. The van der Waals surface area contributed by atoms with Crippen LogP contribution in [-0.4, -0.2) is 54.8 Å². The normalized spacial score (nSPS) is 17.4. The fraction of sp³-hybridized carbons (Fsp3) is 0.474. The predicted molar refractivity (Wildman–Crippen MR) is 97.8 cm³/mol. The molecule has 0 aliphatic carbocycles. The van der Waals surface area contributed by atoms with Gasteiger partial charge in [-0.05, 0) is 24.5 Å². The lowest BCUT2D eigenvalue weighted by molar-refractivity contribution is -0.945. The molecule has 138 valence electrons. The molecular weight excluding hydrogens is 332 g/mol. The SMILES string of the molecule is O=C(NCC[NH+]1CC[NH2+]CC1)c1c(O)c2cccc3c2n(c1=O)CCC3. The molecule has 2 aliphatic heterocycles. The molecule has 0 atom stereocenters. The molecule has 1 amide bonds. The number of para-hydroxylation sites is 1. The average molecular weight is 358 g/mol. The van der Waals surface area contributed by atoms with Crippen molar-refractivity contribution in [3.8, 4) is 5.75 Å². The number of quaternary nitrogens is 2. The summed E-state index contributed by atoms with van der Waals surface area (Å²) in [5.41, 5.74) is 1.31. The quantitative estimate of drug-likeness (QED) is 0.502. The molecular formula is C19H26N4O3+2. The molecule has 1 aromatic carbocycles. The van der Waals surface area contributed by atoms with Gasteiger partial charge in [0.15, 0.2) is 0 Å². The Bertz CT molecular complexity index is 900. The van der Waals surface area contributed by atoms with Crippen LogP contribution in [0.4, 0.5) is 0 Å². The predicted octanol–water partition coefficient (Wildman–Crippen LogP) is -2.15. The van der Waals surface area contributed by atoms with E-state index in [2.05, 4.69) is 10.6 Å². The van der Waals surface area contributed by atoms with Crippen LogP contribution in [0.5, 0.6) is 5.75 Å². The number of nitrogens with one attached hydrogen (secondary N) is 2. The van der Waals surface area contributed by atoms with E-state index in [9.17, 15) is 14.7 Å². The van der Waals surface area contributed by atoms with Gasteiger partial charge in [-0.1, -0.05) is 12.1 Å². The molecule has 0 saturated carbocycles. The third-order valence-corrected chi connectivity index (χ3v) is 5.56. The largest absolute Gasteiger partial charge is 0.506 e. The average Bonchev–Trinajstić information content (AvgIpc) is 2.67. The summed E-state index contributed by atoms with van der Waals surface area (Å²) >= 11 is 0. The first-order valence-electron chi connectivity index (χ1n) is 9.47. The minimum absolute atomic E-state index is 0.126. The van der Waals surface area contributed by atoms with Crippen molar-refractivity contribution in [2.45, 2.75) is 19.4 Å². The molecule has 1 fully saturated rings. The number of rotatable bonds is 4. The fourth-order valence-electron chi connectivity index (χ4n) is 4.19. The minimum atomic E-state index is -0.475. The van der Waals surface area contributed by atoms with Crippen molar-refractivity contribution < 1.29 is 20.1 Å². The second-order valence-corrected chi connectivity index (χ2v) is 7.22. The van der Waals surface area contributed by atoms with Gasteiger partial charge in [0, 0.05) is 11.9 Å². The van der Waals surface area contributed by atoms with Crippen molar-refractivity contribution in [3.05, 3.63) is 39.7 Å². The van der Waals surface area contributed by atoms with Crippen molar-refractivity contribution in [3.63, 3.8) is 0 Å². The molecule has 7 heteroatoms. The van der Waals surface area contributed by atoms with Crippen molar-refractivity contribution in [1.29, 1.82) is 0 Å². The lowest BCUT2D eigenvalue weighted by atomic mass is 9.99. The number of aryl methyl sites for hydroxylation is 2. The molecule has 5 N–H and O–H groups in total. The number of nitrogens with zero attached hydrogens (tertiary/aromatic N) is 1. The van der Waals surface area contributed by atoms with Crippen molar-refractivity contribution in [2.24, 2.45) is 0 Å². The lowest BCUT2D eigenvalue weighted by Crippen LogP contribution is -3.20. The van der Waals surface area contributed by atoms with Crippen LogP contribution in [0.1, 0.15) is 22.3 Å². The Morgan fingerprint density at radius 2 is 2.12 bits per heavy atom. The number of nitrogens with two attached hydrogens (primary N) is 1. The summed E-state index contributed by atoms with van der Waals surface area (Å²) in [4.78, 5) is 27.0. The number of aromatic hydroxyl groups is 1. The van der Waals surface area contributed by atoms with Crippen LogP contribution in [-0.2, 0) is 13.0 Å². The van der Waals surface area contributed by atoms with Crippen LogP contribution < -0.4 is 21.1 Å². The lowest BCUT2D eigenvalue weighted by Gasteiger charge is -2.23. The topological polar surface area (TPSA) is 92.4 Å². The number of amides is 1. The number of benzene rings is 1. The van der Waals surface area contributed by atoms with Crippen LogP contribution >= 0.6 is 0 Å². The summed E-state index contributed by atoms with van der Waals surface area (Å²) < 4.78 is 1.65. The van der Waals surface area contributed by atoms with E-state index in [4.69, 9.17) is 0 Å². The molecule has 0 radical (unpaired) electrons. The van der Waals surface area contributed by atoms with E-state index in [0.29, 0.717) is 18.5 Å². The third-order valence-electron chi connectivity index (χ3n) is 5.56. The smallest absolute Gasteiger partial charge is 0.267 e. The Hall–Kier alpha value is -2.38. The van der Waals surface area contributed by atoms with Crippen molar-refractivity contribution in [1.82, 2.24) is 9.88 Å². The summed E-state index contributed by atoms with van der Waals surface area (Å²) in [7, 11) is 0. The van der Waals surface area contributed by atoms with Crippen LogP contribution in [0.2, 0.25) is 0 Å². The van der Waals surface area contributed by atoms with Gasteiger partial charge in [-0.15, -0.1) is 0 Å². The van der Waals surface area contributed by atoms with Crippen LogP contribution in [0.25, 0.3) is 10.9 Å². The molecule has 2 aliphatic rings. The van der Waals surface area contributed by atoms with E-state index in [-0.39, 0.29) is 16.9 Å². The first-order chi connectivity index (χ1) is 12.7. The zero-order valence-electron chi connectivity index (χ0n) is 14.9. The van der Waals surface area contributed by atoms with Crippen molar-refractivity contribution >= 4 is 16.8 Å². The number of carbonyl (C=O) groups excluding carboxylic acids is 1. The van der Waals surface area contributed by atoms with E-state index >= 15 is 0 Å². The van der Waals surface area contributed by atoms with E-state index < -0.39 is 5.91 Å². The highest BCUT2D eigenvalue weighted by atomic mass is 16.3. The van der Waals surface area contributed by atoms with E-state index in [1.165, 1.54) is 4.90 Å². The van der Waals surface area contributed by atoms with Crippen molar-refractivity contribution in [2.75, 3.05) is 39.3 Å². The first-order valence-corrected chi connectivity index (χ1v) is 9.47. The molecule has 3 heterocycles. The Morgan fingerprint density at radius 1 is 1.31 bits per heavy atom. The monoisotopic (exact) mass is 358 g/mol. The maximum atomic E-state index is 12.9. The van der Waals surface area contributed by atoms with E-state index in [1.54, 1.807) is 10.6 Å². The van der Waals surface area contributed by atoms with Crippen LogP contribution in [0, 0.1) is 0 Å². The van der Waals surface area contributed by atoms with Gasteiger partial charge in [0.2, 0.25) is 0 Å². The van der Waals surface area contributed by atoms with Gasteiger partial charge in [0.25, 0.3) is 11.5 Å². The Morgan fingerprint density at radius 3 is 2.92 bits per heavy atom. The molecule has 0 unspecified atom stereocenters. The number of carbonyl (C=O) groups is 1. The van der Waals surface area contributed by atoms with Gasteiger partial charge >= 0.3 is 0 Å². The number of hydrogen-bond donors (Lipinski definition) is 4. The summed E-state index contributed by atoms with van der Waals surface area (Å²) in [5, 5.41) is 16.4. The van der Waals surface area contributed by atoms with E-state index in [0.717, 1.165) is 56.6 Å². The molecule has 26 heavy (non-hydrogen) atoms. The Kier molecular flexibility index (Phi) is 4.65. The van der Waals surface area contributed by atoms with Gasteiger partial charge in [0.1, 0.15) is 37.5 Å². The van der Waals surface area contributed by atoms with Gasteiger partial charge in [0.05, 0.1) is 18.6 Å². The number of piperazine rings is 1. The standard InChI is InChI=1S/C19H24N4O3/c24-17-14-5-1-3-13-4-2-9-23(16(13)14)19(26)15(17)18(25)21-8-12-22-10-6-20-7-11-22/h1,3,5,20,24H,2,4,6-12H2,(H,21,25)/p+2. The Labute approximate surface area is 151 Å². The first kappa shape index (κ1) is 17.1. The maximum Gasteiger partial charge on any atom is 0.267 e. The Balaban J connectivity index is 1.60. The molecule has 1 saturated heterocycles. The highest BCUT2D eigenvalue weighted by Gasteiger charge is 2.25. The molecule has 0 spiro atoms. The highest BCUT2D eigenvalue weighted by molar-refractivity contribution is 6.02. The van der Waals surface area contributed by atoms with Gasteiger partial charge in [-0.25, -0.2) is 0 Å². The second-order valence-electron chi connectivity index (χ2n) is 7.22. The molecule has 0 bridgehead atoms.